The largest absolute Gasteiger partial charge is 0.481 e. The molecular formula is C13H17NO3S. The number of benzene rings is 1. The molecule has 4 nitrogen and oxygen atoms in total. The van der Waals surface area contributed by atoms with Gasteiger partial charge < -0.3 is 10.4 Å². The van der Waals surface area contributed by atoms with Crippen molar-refractivity contribution in [1.82, 2.24) is 5.32 Å². The maximum absolute atomic E-state index is 11.6. The van der Waals surface area contributed by atoms with E-state index in [4.69, 9.17) is 5.11 Å². The lowest BCUT2D eigenvalue weighted by Gasteiger charge is -2.05. The van der Waals surface area contributed by atoms with E-state index in [9.17, 15) is 9.59 Å². The standard InChI is InChI=1S/C13H17NO3S/c1-2-18-9-10-3-5-11(6-4-10)13(17)14-8-7-12(15)16/h3-6H,2,7-9H2,1H3,(H,14,17)(H,15,16). The molecule has 0 unspecified atom stereocenters. The number of carboxylic acid groups (broad SMARTS) is 1. The van der Waals surface area contributed by atoms with Gasteiger partial charge in [-0.1, -0.05) is 19.1 Å². The first-order chi connectivity index (χ1) is 8.63. The zero-order chi connectivity index (χ0) is 13.4. The summed E-state index contributed by atoms with van der Waals surface area (Å²) in [7, 11) is 0. The normalized spacial score (nSPS) is 10.1. The third kappa shape index (κ3) is 5.23. The van der Waals surface area contributed by atoms with Crippen molar-refractivity contribution in [1.29, 1.82) is 0 Å². The number of rotatable bonds is 7. The first-order valence-electron chi connectivity index (χ1n) is 5.80. The molecule has 98 valence electrons. The Hall–Kier alpha value is -1.49. The van der Waals surface area contributed by atoms with Gasteiger partial charge in [0.15, 0.2) is 0 Å². The summed E-state index contributed by atoms with van der Waals surface area (Å²) in [5.41, 5.74) is 1.74. The highest BCUT2D eigenvalue weighted by Crippen LogP contribution is 2.12. The molecular weight excluding hydrogens is 250 g/mol. The Kier molecular flexibility index (Phi) is 6.28. The zero-order valence-corrected chi connectivity index (χ0v) is 11.1. The Morgan fingerprint density at radius 3 is 2.50 bits per heavy atom. The second-order valence-electron chi connectivity index (χ2n) is 3.73. The smallest absolute Gasteiger partial charge is 0.305 e. The van der Waals surface area contributed by atoms with Crippen LogP contribution in [-0.2, 0) is 10.5 Å². The minimum atomic E-state index is -0.915. The molecule has 1 aromatic carbocycles. The molecule has 18 heavy (non-hydrogen) atoms. The number of carboxylic acids is 1. The highest BCUT2D eigenvalue weighted by atomic mass is 32.2. The summed E-state index contributed by atoms with van der Waals surface area (Å²) in [6.07, 6.45) is -0.0586. The Morgan fingerprint density at radius 2 is 1.94 bits per heavy atom. The topological polar surface area (TPSA) is 66.4 Å². The Balaban J connectivity index is 2.46. The number of thioether (sulfide) groups is 1. The molecule has 0 atom stereocenters. The second-order valence-corrected chi connectivity index (χ2v) is 5.01. The molecule has 0 radical (unpaired) electrons. The van der Waals surface area contributed by atoms with Gasteiger partial charge in [-0.15, -0.1) is 0 Å². The van der Waals surface area contributed by atoms with Crippen molar-refractivity contribution in [2.75, 3.05) is 12.3 Å². The fourth-order valence-corrected chi connectivity index (χ4v) is 1.99. The van der Waals surface area contributed by atoms with Crippen LogP contribution in [0.5, 0.6) is 0 Å². The van der Waals surface area contributed by atoms with E-state index >= 15 is 0 Å². The lowest BCUT2D eigenvalue weighted by Crippen LogP contribution is -2.25. The van der Waals surface area contributed by atoms with E-state index < -0.39 is 5.97 Å². The molecule has 0 saturated heterocycles. The van der Waals surface area contributed by atoms with Crippen LogP contribution in [0.4, 0.5) is 0 Å². The number of nitrogens with one attached hydrogen (secondary N) is 1. The summed E-state index contributed by atoms with van der Waals surface area (Å²) in [6.45, 7) is 2.26. The average Bonchev–Trinajstić information content (AvgIpc) is 2.36. The SMILES string of the molecule is CCSCc1ccc(C(=O)NCCC(=O)O)cc1. The monoisotopic (exact) mass is 267 g/mol. The first-order valence-corrected chi connectivity index (χ1v) is 6.95. The highest BCUT2D eigenvalue weighted by molar-refractivity contribution is 7.98. The van der Waals surface area contributed by atoms with Gasteiger partial charge in [-0.25, -0.2) is 0 Å². The van der Waals surface area contributed by atoms with Crippen molar-refractivity contribution in [3.63, 3.8) is 0 Å². The summed E-state index contributed by atoms with van der Waals surface area (Å²) in [5, 5.41) is 11.0. The molecule has 0 fully saturated rings. The maximum atomic E-state index is 11.6. The van der Waals surface area contributed by atoms with Gasteiger partial charge in [0.25, 0.3) is 5.91 Å². The van der Waals surface area contributed by atoms with E-state index in [1.54, 1.807) is 12.1 Å². The Bertz CT molecular complexity index is 403. The van der Waals surface area contributed by atoms with Crippen LogP contribution in [0.25, 0.3) is 0 Å². The summed E-state index contributed by atoms with van der Waals surface area (Å²) in [6, 6.07) is 7.38. The second kappa shape index (κ2) is 7.76. The van der Waals surface area contributed by atoms with E-state index in [0.717, 1.165) is 11.5 Å². The van der Waals surface area contributed by atoms with Crippen LogP contribution in [0.3, 0.4) is 0 Å². The van der Waals surface area contributed by atoms with Crippen LogP contribution in [0.1, 0.15) is 29.3 Å². The molecule has 0 saturated carbocycles. The summed E-state index contributed by atoms with van der Waals surface area (Å²) < 4.78 is 0. The fourth-order valence-electron chi connectivity index (χ4n) is 1.36. The number of aliphatic carboxylic acids is 1. The molecule has 1 amide bonds. The highest BCUT2D eigenvalue weighted by Gasteiger charge is 2.05. The van der Waals surface area contributed by atoms with Gasteiger partial charge >= 0.3 is 5.97 Å². The van der Waals surface area contributed by atoms with Gasteiger partial charge in [0, 0.05) is 17.9 Å². The predicted molar refractivity (Wildman–Crippen MR) is 72.9 cm³/mol. The first kappa shape index (κ1) is 14.6. The van der Waals surface area contributed by atoms with Crippen molar-refractivity contribution in [2.24, 2.45) is 0 Å². The van der Waals surface area contributed by atoms with Crippen LogP contribution >= 0.6 is 11.8 Å². The summed E-state index contributed by atoms with van der Waals surface area (Å²) >= 11 is 1.83. The lowest BCUT2D eigenvalue weighted by atomic mass is 10.1. The van der Waals surface area contributed by atoms with Crippen LogP contribution < -0.4 is 5.32 Å². The maximum Gasteiger partial charge on any atom is 0.305 e. The summed E-state index contributed by atoms with van der Waals surface area (Å²) in [5.74, 6) is 0.864. The van der Waals surface area contributed by atoms with Crippen LogP contribution in [0.15, 0.2) is 24.3 Å². The minimum Gasteiger partial charge on any atom is -0.481 e. The number of hydrogen-bond acceptors (Lipinski definition) is 3. The number of amides is 1. The van der Waals surface area contributed by atoms with Crippen molar-refractivity contribution < 1.29 is 14.7 Å². The molecule has 1 rings (SSSR count). The van der Waals surface area contributed by atoms with Crippen LogP contribution in [0, 0.1) is 0 Å². The molecule has 0 heterocycles. The quantitative estimate of drug-likeness (QED) is 0.794. The lowest BCUT2D eigenvalue weighted by molar-refractivity contribution is -0.136. The third-order valence-corrected chi connectivity index (χ3v) is 3.26. The molecule has 0 aliphatic rings. The van der Waals surface area contributed by atoms with Gasteiger partial charge in [0.1, 0.15) is 0 Å². The molecule has 0 aliphatic carbocycles. The van der Waals surface area contributed by atoms with Crippen LogP contribution in [0.2, 0.25) is 0 Å². The zero-order valence-electron chi connectivity index (χ0n) is 10.3. The number of carbonyl (C=O) groups excluding carboxylic acids is 1. The molecule has 0 aromatic heterocycles. The van der Waals surface area contributed by atoms with E-state index in [-0.39, 0.29) is 18.9 Å². The van der Waals surface area contributed by atoms with E-state index in [1.807, 2.05) is 23.9 Å². The van der Waals surface area contributed by atoms with E-state index in [1.165, 1.54) is 5.56 Å². The van der Waals surface area contributed by atoms with Gasteiger partial charge in [0.2, 0.25) is 0 Å². The fraction of sp³-hybridized carbons (Fsp3) is 0.385. The molecule has 5 heteroatoms. The van der Waals surface area contributed by atoms with Crippen molar-refractivity contribution in [3.05, 3.63) is 35.4 Å². The molecule has 0 aliphatic heterocycles. The van der Waals surface area contributed by atoms with Crippen molar-refractivity contribution in [2.45, 2.75) is 19.1 Å². The number of hydrogen-bond donors (Lipinski definition) is 2. The Morgan fingerprint density at radius 1 is 1.28 bits per heavy atom. The summed E-state index contributed by atoms with van der Waals surface area (Å²) in [4.78, 5) is 22.0. The molecule has 2 N–H and O–H groups in total. The molecule has 0 bridgehead atoms. The predicted octanol–water partition coefficient (Wildman–Crippen LogP) is 2.14. The molecule has 1 aromatic rings. The number of carbonyl (C=O) groups is 2. The van der Waals surface area contributed by atoms with Crippen molar-refractivity contribution >= 4 is 23.6 Å². The van der Waals surface area contributed by atoms with E-state index in [0.29, 0.717) is 5.56 Å². The van der Waals surface area contributed by atoms with Crippen LogP contribution in [-0.4, -0.2) is 29.3 Å². The Labute approximate surface area is 111 Å². The van der Waals surface area contributed by atoms with Gasteiger partial charge in [0.05, 0.1) is 6.42 Å². The van der Waals surface area contributed by atoms with Gasteiger partial charge in [-0.05, 0) is 23.4 Å². The van der Waals surface area contributed by atoms with Gasteiger partial charge in [-0.3, -0.25) is 9.59 Å². The average molecular weight is 267 g/mol. The van der Waals surface area contributed by atoms with Gasteiger partial charge in [-0.2, -0.15) is 11.8 Å². The minimum absolute atomic E-state index is 0.0586. The molecule has 0 spiro atoms. The van der Waals surface area contributed by atoms with Crippen molar-refractivity contribution in [3.8, 4) is 0 Å². The third-order valence-electron chi connectivity index (χ3n) is 2.31. The van der Waals surface area contributed by atoms with E-state index in [2.05, 4.69) is 12.2 Å².